The summed E-state index contributed by atoms with van der Waals surface area (Å²) in [7, 11) is 3.86. The first kappa shape index (κ1) is 7.13. The maximum atomic E-state index is 3.86. The number of nitrogens with zero attached hydrogens (tertiary/aromatic N) is 1. The van der Waals surface area contributed by atoms with Crippen molar-refractivity contribution in [3.63, 3.8) is 0 Å². The summed E-state index contributed by atoms with van der Waals surface area (Å²) in [6, 6.07) is 10.1. The SMILES string of the molecule is [CH2]N(CC)c1ccccc1. The highest BCUT2D eigenvalue weighted by molar-refractivity contribution is 5.45. The normalized spacial score (nSPS) is 9.40. The highest BCUT2D eigenvalue weighted by Crippen LogP contribution is 2.10. The molecule has 0 heterocycles. The molecule has 0 aromatic heterocycles. The summed E-state index contributed by atoms with van der Waals surface area (Å²) >= 11 is 0. The Bertz CT molecular complexity index is 181. The Morgan fingerprint density at radius 2 is 1.90 bits per heavy atom. The topological polar surface area (TPSA) is 3.24 Å². The molecule has 0 spiro atoms. The molecule has 1 nitrogen and oxygen atoms in total. The third-order valence-electron chi connectivity index (χ3n) is 1.50. The Hall–Kier alpha value is -0.980. The first-order valence-electron chi connectivity index (χ1n) is 3.47. The van der Waals surface area contributed by atoms with E-state index in [1.54, 1.807) is 0 Å². The number of para-hydroxylation sites is 1. The van der Waals surface area contributed by atoms with E-state index in [-0.39, 0.29) is 0 Å². The summed E-state index contributed by atoms with van der Waals surface area (Å²) in [6.45, 7) is 3.03. The third kappa shape index (κ3) is 1.50. The van der Waals surface area contributed by atoms with E-state index in [1.807, 2.05) is 23.1 Å². The molecule has 1 heteroatoms. The molecule has 1 aromatic rings. The number of anilines is 1. The van der Waals surface area contributed by atoms with Gasteiger partial charge in [0.05, 0.1) is 0 Å². The van der Waals surface area contributed by atoms with Gasteiger partial charge in [0.2, 0.25) is 0 Å². The quantitative estimate of drug-likeness (QED) is 0.600. The summed E-state index contributed by atoms with van der Waals surface area (Å²) in [5.74, 6) is 0. The minimum absolute atomic E-state index is 0.948. The zero-order valence-electron chi connectivity index (χ0n) is 6.25. The van der Waals surface area contributed by atoms with Gasteiger partial charge in [0, 0.05) is 19.3 Å². The van der Waals surface area contributed by atoms with Crippen molar-refractivity contribution in [2.75, 3.05) is 11.4 Å². The lowest BCUT2D eigenvalue weighted by Crippen LogP contribution is -2.12. The second-order valence-electron chi connectivity index (χ2n) is 2.19. The van der Waals surface area contributed by atoms with Crippen LogP contribution in [0, 0.1) is 7.05 Å². The lowest BCUT2D eigenvalue weighted by molar-refractivity contribution is 1.01. The van der Waals surface area contributed by atoms with Crippen LogP contribution in [0.25, 0.3) is 0 Å². The highest BCUT2D eigenvalue weighted by atomic mass is 15.1. The van der Waals surface area contributed by atoms with Crippen molar-refractivity contribution >= 4 is 5.69 Å². The molecule has 0 amide bonds. The van der Waals surface area contributed by atoms with Gasteiger partial charge in [-0.25, -0.2) is 0 Å². The lowest BCUT2D eigenvalue weighted by Gasteiger charge is -2.15. The standard InChI is InChI=1S/C9H12N/c1-3-10(2)9-7-5-4-6-8-9/h4-8H,2-3H2,1H3. The molecule has 1 rings (SSSR count). The van der Waals surface area contributed by atoms with Crippen molar-refractivity contribution in [2.24, 2.45) is 0 Å². The molecule has 0 aliphatic heterocycles. The van der Waals surface area contributed by atoms with Gasteiger partial charge in [-0.2, -0.15) is 0 Å². The summed E-state index contributed by atoms with van der Waals surface area (Å²) in [5.41, 5.74) is 1.17. The number of rotatable bonds is 2. The first-order valence-corrected chi connectivity index (χ1v) is 3.47. The molecule has 0 aliphatic rings. The van der Waals surface area contributed by atoms with E-state index >= 15 is 0 Å². The van der Waals surface area contributed by atoms with Gasteiger partial charge in [-0.05, 0) is 19.1 Å². The van der Waals surface area contributed by atoms with E-state index in [4.69, 9.17) is 0 Å². The maximum Gasteiger partial charge on any atom is 0.0366 e. The van der Waals surface area contributed by atoms with Crippen molar-refractivity contribution < 1.29 is 0 Å². The zero-order chi connectivity index (χ0) is 7.40. The lowest BCUT2D eigenvalue weighted by atomic mass is 10.3. The molecule has 1 radical (unpaired) electrons. The van der Waals surface area contributed by atoms with Gasteiger partial charge in [0.25, 0.3) is 0 Å². The van der Waals surface area contributed by atoms with E-state index in [1.165, 1.54) is 5.69 Å². The molecule has 0 bridgehead atoms. The van der Waals surface area contributed by atoms with Crippen molar-refractivity contribution in [3.05, 3.63) is 37.4 Å². The fourth-order valence-electron chi connectivity index (χ4n) is 0.821. The fourth-order valence-corrected chi connectivity index (χ4v) is 0.821. The average Bonchev–Trinajstić information content (AvgIpc) is 2.05. The van der Waals surface area contributed by atoms with E-state index in [2.05, 4.69) is 26.1 Å². The molecule has 1 aromatic carbocycles. The predicted molar refractivity (Wildman–Crippen MR) is 44.8 cm³/mol. The minimum Gasteiger partial charge on any atom is -0.370 e. The Kier molecular flexibility index (Phi) is 2.32. The molecule has 0 saturated carbocycles. The molecule has 0 fully saturated rings. The monoisotopic (exact) mass is 134 g/mol. The molecule has 0 aliphatic carbocycles. The molecular weight excluding hydrogens is 122 g/mol. The molecule has 10 heavy (non-hydrogen) atoms. The Labute approximate surface area is 62.3 Å². The summed E-state index contributed by atoms with van der Waals surface area (Å²) in [4.78, 5) is 1.96. The Morgan fingerprint density at radius 3 is 2.40 bits per heavy atom. The van der Waals surface area contributed by atoms with Gasteiger partial charge in [-0.1, -0.05) is 18.2 Å². The van der Waals surface area contributed by atoms with E-state index in [9.17, 15) is 0 Å². The maximum absolute atomic E-state index is 3.86. The summed E-state index contributed by atoms with van der Waals surface area (Å²) < 4.78 is 0. The minimum atomic E-state index is 0.948. The van der Waals surface area contributed by atoms with Crippen LogP contribution in [0.2, 0.25) is 0 Å². The molecule has 0 atom stereocenters. The van der Waals surface area contributed by atoms with Crippen LogP contribution in [-0.4, -0.2) is 6.54 Å². The van der Waals surface area contributed by atoms with Crippen molar-refractivity contribution in [1.29, 1.82) is 0 Å². The van der Waals surface area contributed by atoms with Gasteiger partial charge >= 0.3 is 0 Å². The van der Waals surface area contributed by atoms with Gasteiger partial charge in [0.1, 0.15) is 0 Å². The van der Waals surface area contributed by atoms with E-state index in [0.717, 1.165) is 6.54 Å². The van der Waals surface area contributed by atoms with Gasteiger partial charge in [0.15, 0.2) is 0 Å². The van der Waals surface area contributed by atoms with Crippen molar-refractivity contribution in [1.82, 2.24) is 0 Å². The van der Waals surface area contributed by atoms with Crippen molar-refractivity contribution in [3.8, 4) is 0 Å². The van der Waals surface area contributed by atoms with Crippen LogP contribution in [0.15, 0.2) is 30.3 Å². The van der Waals surface area contributed by atoms with Crippen LogP contribution in [0.3, 0.4) is 0 Å². The second kappa shape index (κ2) is 3.25. The fraction of sp³-hybridized carbons (Fsp3) is 0.222. The van der Waals surface area contributed by atoms with Gasteiger partial charge < -0.3 is 4.90 Å². The molecule has 0 N–H and O–H groups in total. The van der Waals surface area contributed by atoms with Crippen LogP contribution < -0.4 is 4.90 Å². The van der Waals surface area contributed by atoms with Crippen LogP contribution in [0.1, 0.15) is 6.92 Å². The second-order valence-corrected chi connectivity index (χ2v) is 2.19. The highest BCUT2D eigenvalue weighted by Gasteiger charge is 1.92. The van der Waals surface area contributed by atoms with Gasteiger partial charge in [-0.15, -0.1) is 0 Å². The third-order valence-corrected chi connectivity index (χ3v) is 1.50. The molecule has 53 valence electrons. The average molecular weight is 134 g/mol. The van der Waals surface area contributed by atoms with Crippen LogP contribution in [-0.2, 0) is 0 Å². The number of hydrogen-bond donors (Lipinski definition) is 0. The largest absolute Gasteiger partial charge is 0.370 e. The zero-order valence-corrected chi connectivity index (χ0v) is 6.25. The molecule has 0 unspecified atom stereocenters. The van der Waals surface area contributed by atoms with Gasteiger partial charge in [-0.3, -0.25) is 0 Å². The van der Waals surface area contributed by atoms with Crippen LogP contribution in [0.5, 0.6) is 0 Å². The summed E-state index contributed by atoms with van der Waals surface area (Å²) in [5, 5.41) is 0. The number of benzene rings is 1. The molecule has 0 saturated heterocycles. The van der Waals surface area contributed by atoms with Crippen molar-refractivity contribution in [2.45, 2.75) is 6.92 Å². The number of hydrogen-bond acceptors (Lipinski definition) is 1. The van der Waals surface area contributed by atoms with Crippen LogP contribution >= 0.6 is 0 Å². The molecular formula is C9H12N. The Morgan fingerprint density at radius 1 is 1.30 bits per heavy atom. The van der Waals surface area contributed by atoms with Crippen LogP contribution in [0.4, 0.5) is 5.69 Å². The van der Waals surface area contributed by atoms with E-state index in [0.29, 0.717) is 0 Å². The smallest absolute Gasteiger partial charge is 0.0366 e. The Balaban J connectivity index is 2.75. The predicted octanol–water partition coefficient (Wildman–Crippen LogP) is 2.30. The van der Waals surface area contributed by atoms with E-state index < -0.39 is 0 Å². The summed E-state index contributed by atoms with van der Waals surface area (Å²) in [6.07, 6.45) is 0. The first-order chi connectivity index (χ1) is 4.84.